The van der Waals surface area contributed by atoms with Gasteiger partial charge in [-0.25, -0.2) is 4.98 Å². The summed E-state index contributed by atoms with van der Waals surface area (Å²) >= 11 is 1.27. The molecule has 2 aromatic rings. The van der Waals surface area contributed by atoms with Gasteiger partial charge in [0.2, 0.25) is 11.8 Å². The molecule has 146 valence electrons. The van der Waals surface area contributed by atoms with E-state index in [4.69, 9.17) is 15.2 Å². The molecule has 0 aliphatic rings. The van der Waals surface area contributed by atoms with Crippen molar-refractivity contribution in [2.75, 3.05) is 26.1 Å². The highest BCUT2D eigenvalue weighted by atomic mass is 32.1. The normalized spacial score (nSPS) is 11.8. The molecular weight excluding hydrogens is 368 g/mol. The number of nitrogens with two attached hydrogens (primary N) is 1. The lowest BCUT2D eigenvalue weighted by atomic mass is 10.1. The number of hydrogen-bond donors (Lipinski definition) is 3. The van der Waals surface area contributed by atoms with Crippen LogP contribution in [0.15, 0.2) is 23.6 Å². The second-order valence-electron chi connectivity index (χ2n) is 6.14. The van der Waals surface area contributed by atoms with Gasteiger partial charge in [0.25, 0.3) is 0 Å². The van der Waals surface area contributed by atoms with E-state index >= 15 is 0 Å². The van der Waals surface area contributed by atoms with Crippen LogP contribution in [0.3, 0.4) is 0 Å². The van der Waals surface area contributed by atoms with Gasteiger partial charge in [-0.3, -0.25) is 9.59 Å². The van der Waals surface area contributed by atoms with E-state index in [1.54, 1.807) is 31.7 Å². The van der Waals surface area contributed by atoms with E-state index in [0.717, 1.165) is 5.56 Å². The molecule has 2 amide bonds. The van der Waals surface area contributed by atoms with Gasteiger partial charge in [-0.05, 0) is 24.1 Å². The summed E-state index contributed by atoms with van der Waals surface area (Å²) in [5.74, 6) is 0.578. The standard InChI is InChI=1S/C18H24N4O4S/c1-10(2)16(19)17(24)20-8-15(23)22-18-21-13(9-27-18)12-7-11(25-3)5-6-14(12)26-4/h5-7,9-10,16H,8,19H2,1-4H3,(H,20,24)(H,21,22,23)/t16-/m0/s1. The van der Waals surface area contributed by atoms with Gasteiger partial charge in [-0.2, -0.15) is 0 Å². The Morgan fingerprint density at radius 3 is 2.63 bits per heavy atom. The van der Waals surface area contributed by atoms with Crippen molar-refractivity contribution in [2.45, 2.75) is 19.9 Å². The number of ether oxygens (including phenoxy) is 2. The molecule has 1 aromatic heterocycles. The van der Waals surface area contributed by atoms with Crippen molar-refractivity contribution in [1.29, 1.82) is 0 Å². The summed E-state index contributed by atoms with van der Waals surface area (Å²) in [5.41, 5.74) is 7.15. The first-order valence-corrected chi connectivity index (χ1v) is 9.24. The number of methoxy groups -OCH3 is 2. The van der Waals surface area contributed by atoms with Gasteiger partial charge in [0.1, 0.15) is 11.5 Å². The first-order chi connectivity index (χ1) is 12.8. The molecule has 0 saturated heterocycles. The maximum atomic E-state index is 12.0. The molecule has 4 N–H and O–H groups in total. The maximum Gasteiger partial charge on any atom is 0.245 e. The molecule has 1 atom stereocenters. The molecule has 9 heteroatoms. The molecule has 1 aromatic carbocycles. The lowest BCUT2D eigenvalue weighted by Gasteiger charge is -2.14. The molecule has 0 saturated carbocycles. The fourth-order valence-corrected chi connectivity index (χ4v) is 2.95. The summed E-state index contributed by atoms with van der Waals surface area (Å²) in [6.07, 6.45) is 0. The number of aromatic nitrogens is 1. The number of nitrogens with one attached hydrogen (secondary N) is 2. The van der Waals surface area contributed by atoms with Crippen molar-refractivity contribution in [3.63, 3.8) is 0 Å². The lowest BCUT2D eigenvalue weighted by Crippen LogP contribution is -2.46. The van der Waals surface area contributed by atoms with Crippen LogP contribution in [0, 0.1) is 5.92 Å². The van der Waals surface area contributed by atoms with Crippen molar-refractivity contribution in [2.24, 2.45) is 11.7 Å². The predicted molar refractivity (Wildman–Crippen MR) is 105 cm³/mol. The van der Waals surface area contributed by atoms with Crippen LogP contribution in [0.5, 0.6) is 11.5 Å². The average Bonchev–Trinajstić information content (AvgIpc) is 3.12. The van der Waals surface area contributed by atoms with Crippen molar-refractivity contribution in [1.82, 2.24) is 10.3 Å². The summed E-state index contributed by atoms with van der Waals surface area (Å²) in [7, 11) is 3.16. The number of carbonyl (C=O) groups is 2. The average molecular weight is 392 g/mol. The van der Waals surface area contributed by atoms with Crippen LogP contribution in [0.1, 0.15) is 13.8 Å². The van der Waals surface area contributed by atoms with Crippen molar-refractivity contribution < 1.29 is 19.1 Å². The van der Waals surface area contributed by atoms with E-state index in [2.05, 4.69) is 15.6 Å². The quantitative estimate of drug-likeness (QED) is 0.632. The third-order valence-corrected chi connectivity index (χ3v) is 4.64. The van der Waals surface area contributed by atoms with Gasteiger partial charge in [-0.1, -0.05) is 13.8 Å². The minimum absolute atomic E-state index is 0.00701. The van der Waals surface area contributed by atoms with Crippen LogP contribution in [0.4, 0.5) is 5.13 Å². The summed E-state index contributed by atoms with van der Waals surface area (Å²) in [6.45, 7) is 3.51. The molecular formula is C18H24N4O4S. The van der Waals surface area contributed by atoms with Crippen LogP contribution in [-0.2, 0) is 9.59 Å². The third-order valence-electron chi connectivity index (χ3n) is 3.88. The van der Waals surface area contributed by atoms with Crippen LogP contribution in [-0.4, -0.2) is 43.6 Å². The fraction of sp³-hybridized carbons (Fsp3) is 0.389. The van der Waals surface area contributed by atoms with Crippen molar-refractivity contribution >= 4 is 28.3 Å². The summed E-state index contributed by atoms with van der Waals surface area (Å²) in [6, 6.07) is 4.75. The summed E-state index contributed by atoms with van der Waals surface area (Å²) in [5, 5.41) is 7.41. The Bertz CT molecular complexity index is 806. The zero-order valence-corrected chi connectivity index (χ0v) is 16.6. The molecule has 2 rings (SSSR count). The molecule has 0 aliphatic carbocycles. The van der Waals surface area contributed by atoms with Gasteiger partial charge in [0.15, 0.2) is 5.13 Å². The summed E-state index contributed by atoms with van der Waals surface area (Å²) in [4.78, 5) is 28.2. The number of anilines is 1. The molecule has 8 nitrogen and oxygen atoms in total. The Morgan fingerprint density at radius 1 is 1.26 bits per heavy atom. The van der Waals surface area contributed by atoms with Crippen LogP contribution in [0.2, 0.25) is 0 Å². The van der Waals surface area contributed by atoms with Crippen LogP contribution in [0.25, 0.3) is 11.3 Å². The van der Waals surface area contributed by atoms with E-state index in [0.29, 0.717) is 22.3 Å². The SMILES string of the molecule is COc1ccc(OC)c(-c2csc(NC(=O)CNC(=O)[C@@H](N)C(C)C)n2)c1. The van der Waals surface area contributed by atoms with E-state index in [1.165, 1.54) is 11.3 Å². The van der Waals surface area contributed by atoms with Gasteiger partial charge in [-0.15, -0.1) is 11.3 Å². The van der Waals surface area contributed by atoms with Gasteiger partial charge in [0, 0.05) is 10.9 Å². The van der Waals surface area contributed by atoms with E-state index < -0.39 is 6.04 Å². The first-order valence-electron chi connectivity index (χ1n) is 8.36. The zero-order chi connectivity index (χ0) is 20.0. The highest BCUT2D eigenvalue weighted by Crippen LogP contribution is 2.34. The Hall–Kier alpha value is -2.65. The minimum Gasteiger partial charge on any atom is -0.497 e. The molecule has 1 heterocycles. The number of benzene rings is 1. The Kier molecular flexibility index (Phi) is 7.14. The van der Waals surface area contributed by atoms with Gasteiger partial charge >= 0.3 is 0 Å². The smallest absolute Gasteiger partial charge is 0.245 e. The van der Waals surface area contributed by atoms with Crippen LogP contribution < -0.4 is 25.8 Å². The number of nitrogens with zero attached hydrogens (tertiary/aromatic N) is 1. The maximum absolute atomic E-state index is 12.0. The number of hydrogen-bond acceptors (Lipinski definition) is 7. The number of carbonyl (C=O) groups excluding carboxylic acids is 2. The predicted octanol–water partition coefficient (Wildman–Crippen LogP) is 1.87. The highest BCUT2D eigenvalue weighted by molar-refractivity contribution is 7.14. The Labute approximate surface area is 162 Å². The third kappa shape index (κ3) is 5.41. The Balaban J connectivity index is 2.02. The van der Waals surface area contributed by atoms with E-state index in [1.807, 2.05) is 19.9 Å². The highest BCUT2D eigenvalue weighted by Gasteiger charge is 2.18. The zero-order valence-electron chi connectivity index (χ0n) is 15.7. The van der Waals surface area contributed by atoms with E-state index in [-0.39, 0.29) is 24.3 Å². The topological polar surface area (TPSA) is 116 Å². The number of thiazole rings is 1. The van der Waals surface area contributed by atoms with Crippen molar-refractivity contribution in [3.05, 3.63) is 23.6 Å². The summed E-state index contributed by atoms with van der Waals surface area (Å²) < 4.78 is 10.6. The molecule has 0 spiro atoms. The number of amides is 2. The molecule has 0 fully saturated rings. The van der Waals surface area contributed by atoms with Crippen LogP contribution >= 0.6 is 11.3 Å². The minimum atomic E-state index is -0.648. The molecule has 0 radical (unpaired) electrons. The fourth-order valence-electron chi connectivity index (χ4n) is 2.22. The Morgan fingerprint density at radius 2 is 2.00 bits per heavy atom. The molecule has 0 aliphatic heterocycles. The lowest BCUT2D eigenvalue weighted by molar-refractivity contribution is -0.125. The molecule has 0 bridgehead atoms. The second kappa shape index (κ2) is 9.33. The first kappa shape index (κ1) is 20.7. The van der Waals surface area contributed by atoms with Crippen molar-refractivity contribution in [3.8, 4) is 22.8 Å². The van der Waals surface area contributed by atoms with E-state index in [9.17, 15) is 9.59 Å². The van der Waals surface area contributed by atoms with Gasteiger partial charge in [0.05, 0.1) is 32.5 Å². The monoisotopic (exact) mass is 392 g/mol. The molecule has 0 unspecified atom stereocenters. The second-order valence-corrected chi connectivity index (χ2v) is 7.00. The largest absolute Gasteiger partial charge is 0.497 e. The number of rotatable bonds is 8. The van der Waals surface area contributed by atoms with Gasteiger partial charge < -0.3 is 25.8 Å². The molecule has 27 heavy (non-hydrogen) atoms.